The first kappa shape index (κ1) is 21.2. The average Bonchev–Trinajstić information content (AvgIpc) is 3.11. The molecule has 0 bridgehead atoms. The normalized spacial score (nSPS) is 20.0. The molecule has 0 radical (unpaired) electrons. The summed E-state index contributed by atoms with van der Waals surface area (Å²) >= 11 is 0. The van der Waals surface area contributed by atoms with Gasteiger partial charge in [0.05, 0.1) is 17.9 Å². The van der Waals surface area contributed by atoms with Gasteiger partial charge in [-0.2, -0.15) is 18.3 Å². The molecule has 2 N–H and O–H groups in total. The van der Waals surface area contributed by atoms with E-state index >= 15 is 0 Å². The van der Waals surface area contributed by atoms with Crippen LogP contribution in [0.15, 0.2) is 30.5 Å². The van der Waals surface area contributed by atoms with Gasteiger partial charge in [0, 0.05) is 11.7 Å². The number of amides is 1. The van der Waals surface area contributed by atoms with Crippen LogP contribution in [0, 0.1) is 0 Å². The van der Waals surface area contributed by atoms with Crippen LogP contribution in [0.5, 0.6) is 5.75 Å². The van der Waals surface area contributed by atoms with E-state index in [0.717, 1.165) is 30.1 Å². The Hall–Kier alpha value is -2.55. The molecule has 2 unspecified atom stereocenters. The molecule has 1 aliphatic rings. The molecule has 1 aliphatic carbocycles. The molecule has 1 fully saturated rings. The number of nitrogens with zero attached hydrogens (tertiary/aromatic N) is 2. The Bertz CT molecular complexity index is 847. The highest BCUT2D eigenvalue weighted by Gasteiger charge is 2.40. The molecule has 0 saturated heterocycles. The second-order valence-electron chi connectivity index (χ2n) is 7.43. The molecule has 1 heterocycles. The lowest BCUT2D eigenvalue weighted by Crippen LogP contribution is -2.34. The van der Waals surface area contributed by atoms with Gasteiger partial charge in [-0.05, 0) is 57.4 Å². The van der Waals surface area contributed by atoms with Crippen molar-refractivity contribution in [3.63, 3.8) is 0 Å². The average molecular weight is 411 g/mol. The summed E-state index contributed by atoms with van der Waals surface area (Å²) in [6.45, 7) is 3.12. The van der Waals surface area contributed by atoms with Crippen LogP contribution in [0.1, 0.15) is 61.6 Å². The number of nitrogens with one attached hydrogen (secondary N) is 1. The number of aromatic nitrogens is 2. The van der Waals surface area contributed by atoms with Crippen LogP contribution in [0.3, 0.4) is 0 Å². The summed E-state index contributed by atoms with van der Waals surface area (Å²) < 4.78 is 46.9. The maximum Gasteiger partial charge on any atom is 0.433 e. The minimum atomic E-state index is -4.70. The Kier molecular flexibility index (Phi) is 6.16. The van der Waals surface area contributed by atoms with Crippen molar-refractivity contribution in [1.82, 2.24) is 9.78 Å². The van der Waals surface area contributed by atoms with Gasteiger partial charge in [-0.15, -0.1) is 0 Å². The van der Waals surface area contributed by atoms with E-state index in [2.05, 4.69) is 10.4 Å². The molecule has 1 aromatic heterocycles. The molecule has 3 rings (SSSR count). The largest absolute Gasteiger partial charge is 0.488 e. The van der Waals surface area contributed by atoms with Crippen molar-refractivity contribution in [1.29, 1.82) is 0 Å². The van der Waals surface area contributed by atoms with Gasteiger partial charge < -0.3 is 15.2 Å². The maximum absolute atomic E-state index is 13.4. The second-order valence-corrected chi connectivity index (χ2v) is 7.43. The lowest BCUT2D eigenvalue weighted by atomic mass is 9.95. The summed E-state index contributed by atoms with van der Waals surface area (Å²) in [5.74, 6) is -0.363. The molecular formula is C20H24F3N3O3. The van der Waals surface area contributed by atoms with E-state index in [-0.39, 0.29) is 6.10 Å². The molecule has 1 aromatic carbocycles. The van der Waals surface area contributed by atoms with E-state index in [0.29, 0.717) is 17.9 Å². The third-order valence-electron chi connectivity index (χ3n) is 4.87. The quantitative estimate of drug-likeness (QED) is 0.764. The monoisotopic (exact) mass is 411 g/mol. The molecule has 1 amide bonds. The van der Waals surface area contributed by atoms with Gasteiger partial charge in [-0.3, -0.25) is 9.48 Å². The smallest absolute Gasteiger partial charge is 0.433 e. The molecular weight excluding hydrogens is 387 g/mol. The number of anilines is 1. The van der Waals surface area contributed by atoms with Crippen molar-refractivity contribution in [3.05, 3.63) is 41.7 Å². The molecule has 2 aromatic rings. The fourth-order valence-corrected chi connectivity index (χ4v) is 3.41. The predicted octanol–water partition coefficient (Wildman–Crippen LogP) is 4.42. The van der Waals surface area contributed by atoms with Gasteiger partial charge in [0.25, 0.3) is 5.91 Å². The lowest BCUT2D eigenvalue weighted by Gasteiger charge is -2.28. The minimum Gasteiger partial charge on any atom is -0.488 e. The molecule has 1 saturated carbocycles. The van der Waals surface area contributed by atoms with Crippen molar-refractivity contribution in [2.24, 2.45) is 0 Å². The number of hydrogen-bond donors (Lipinski definition) is 2. The molecule has 6 nitrogen and oxygen atoms in total. The molecule has 29 heavy (non-hydrogen) atoms. The number of aliphatic hydroxyl groups is 1. The van der Waals surface area contributed by atoms with E-state index in [1.54, 1.807) is 38.1 Å². The van der Waals surface area contributed by atoms with Crippen molar-refractivity contribution in [2.75, 3.05) is 5.32 Å². The number of rotatable bonds is 5. The molecule has 2 atom stereocenters. The van der Waals surface area contributed by atoms with Crippen molar-refractivity contribution in [2.45, 2.75) is 64.0 Å². The first-order valence-electron chi connectivity index (χ1n) is 9.57. The Labute approximate surface area is 166 Å². The first-order valence-corrected chi connectivity index (χ1v) is 9.57. The van der Waals surface area contributed by atoms with Gasteiger partial charge >= 0.3 is 6.18 Å². The third kappa shape index (κ3) is 4.90. The van der Waals surface area contributed by atoms with Crippen molar-refractivity contribution < 1.29 is 27.8 Å². The highest BCUT2D eigenvalue weighted by Crippen LogP contribution is 2.34. The van der Waals surface area contributed by atoms with E-state index in [1.165, 1.54) is 0 Å². The van der Waals surface area contributed by atoms with Gasteiger partial charge in [-0.1, -0.05) is 6.42 Å². The van der Waals surface area contributed by atoms with Gasteiger partial charge in [0.1, 0.15) is 11.9 Å². The van der Waals surface area contributed by atoms with E-state index in [1.807, 2.05) is 0 Å². The van der Waals surface area contributed by atoms with E-state index in [9.17, 15) is 23.1 Å². The predicted molar refractivity (Wildman–Crippen MR) is 101 cm³/mol. The van der Waals surface area contributed by atoms with Gasteiger partial charge in [-0.25, -0.2) is 0 Å². The van der Waals surface area contributed by atoms with Crippen LogP contribution in [-0.2, 0) is 6.18 Å². The van der Waals surface area contributed by atoms with Crippen LogP contribution >= 0.6 is 0 Å². The number of ether oxygens (including phenoxy) is 1. The summed E-state index contributed by atoms with van der Waals surface area (Å²) in [6.07, 6.45) is -1.14. The summed E-state index contributed by atoms with van der Waals surface area (Å²) in [7, 11) is 0. The fraction of sp³-hybridized carbons (Fsp3) is 0.500. The number of halogens is 3. The van der Waals surface area contributed by atoms with Gasteiger partial charge in [0.2, 0.25) is 0 Å². The Morgan fingerprint density at radius 3 is 2.48 bits per heavy atom. The van der Waals surface area contributed by atoms with E-state index < -0.39 is 35.5 Å². The Morgan fingerprint density at radius 1 is 1.24 bits per heavy atom. The van der Waals surface area contributed by atoms with E-state index in [4.69, 9.17) is 4.74 Å². The highest BCUT2D eigenvalue weighted by atomic mass is 19.4. The lowest BCUT2D eigenvalue weighted by molar-refractivity contribution is -0.145. The SMILES string of the molecule is CC(C)n1ncc(C(=O)Nc2ccc(OC3CCCCC3O)cc2)c1C(F)(F)F. The zero-order valence-electron chi connectivity index (χ0n) is 16.2. The number of hydrogen-bond acceptors (Lipinski definition) is 4. The van der Waals surface area contributed by atoms with Crippen LogP contribution in [0.2, 0.25) is 0 Å². The van der Waals surface area contributed by atoms with Gasteiger partial charge in [0.15, 0.2) is 5.69 Å². The van der Waals surface area contributed by atoms with Crippen LogP contribution in [-0.4, -0.2) is 33.0 Å². The Morgan fingerprint density at radius 2 is 1.90 bits per heavy atom. The summed E-state index contributed by atoms with van der Waals surface area (Å²) in [5, 5.41) is 16.2. The first-order chi connectivity index (χ1) is 13.7. The standard InChI is InChI=1S/C20H24F3N3O3/c1-12(2)26-18(20(21,22)23)15(11-24-26)19(28)25-13-7-9-14(10-8-13)29-17-6-4-3-5-16(17)27/h7-12,16-17,27H,3-6H2,1-2H3,(H,25,28). The Balaban J connectivity index is 1.71. The number of alkyl halides is 3. The maximum atomic E-state index is 13.4. The topological polar surface area (TPSA) is 76.4 Å². The molecule has 158 valence electrons. The zero-order chi connectivity index (χ0) is 21.2. The van der Waals surface area contributed by atoms with Crippen molar-refractivity contribution in [3.8, 4) is 5.75 Å². The third-order valence-corrected chi connectivity index (χ3v) is 4.87. The van der Waals surface area contributed by atoms with Crippen LogP contribution < -0.4 is 10.1 Å². The molecule has 0 spiro atoms. The summed E-state index contributed by atoms with van der Waals surface area (Å²) in [6, 6.07) is 5.77. The number of carbonyl (C=O) groups is 1. The number of aliphatic hydroxyl groups excluding tert-OH is 1. The summed E-state index contributed by atoms with van der Waals surface area (Å²) in [4.78, 5) is 12.4. The molecule has 0 aliphatic heterocycles. The van der Waals surface area contributed by atoms with Crippen molar-refractivity contribution >= 4 is 11.6 Å². The number of carbonyl (C=O) groups excluding carboxylic acids is 1. The number of benzene rings is 1. The second kappa shape index (κ2) is 8.44. The summed E-state index contributed by atoms with van der Waals surface area (Å²) in [5.41, 5.74) is -1.27. The van der Waals surface area contributed by atoms with Crippen LogP contribution in [0.4, 0.5) is 18.9 Å². The van der Waals surface area contributed by atoms with Crippen LogP contribution in [0.25, 0.3) is 0 Å². The highest BCUT2D eigenvalue weighted by molar-refractivity contribution is 6.05. The molecule has 9 heteroatoms. The zero-order valence-corrected chi connectivity index (χ0v) is 16.2. The minimum absolute atomic E-state index is 0.277. The fourth-order valence-electron chi connectivity index (χ4n) is 3.41.